The van der Waals surface area contributed by atoms with Gasteiger partial charge in [0.1, 0.15) is 0 Å². The Hall–Kier alpha value is -2.05. The Kier molecular flexibility index (Phi) is 5.53. The molecule has 7 nitrogen and oxygen atoms in total. The fourth-order valence-electron chi connectivity index (χ4n) is 0.622. The van der Waals surface area contributed by atoms with Crippen LogP contribution in [0.1, 0.15) is 13.8 Å². The molecule has 0 aliphatic heterocycles. The Morgan fingerprint density at radius 3 is 2.47 bits per heavy atom. The topological polar surface area (TPSA) is 129 Å². The van der Waals surface area contributed by atoms with Gasteiger partial charge in [0.2, 0.25) is 5.96 Å². The zero-order chi connectivity index (χ0) is 11.8. The lowest BCUT2D eigenvalue weighted by molar-refractivity contribution is -0.138. The van der Waals surface area contributed by atoms with Crippen molar-refractivity contribution in [2.45, 2.75) is 13.8 Å². The summed E-state index contributed by atoms with van der Waals surface area (Å²) >= 11 is 0. The maximum atomic E-state index is 11.1. The van der Waals surface area contributed by atoms with E-state index in [0.29, 0.717) is 12.2 Å². The summed E-state index contributed by atoms with van der Waals surface area (Å²) in [4.78, 5) is 18.2. The van der Waals surface area contributed by atoms with Crippen molar-refractivity contribution in [1.82, 2.24) is 0 Å². The van der Waals surface area contributed by atoms with Gasteiger partial charge >= 0.3 is 5.97 Å². The van der Waals surface area contributed by atoms with Crippen molar-refractivity contribution >= 4 is 17.9 Å². The number of hydrogen-bond donors (Lipinski definition) is 3. The van der Waals surface area contributed by atoms with Gasteiger partial charge in [-0.3, -0.25) is 0 Å². The molecular formula is C8H15N5O2. The zero-order valence-corrected chi connectivity index (χ0v) is 8.73. The van der Waals surface area contributed by atoms with Crippen molar-refractivity contribution in [3.05, 3.63) is 11.8 Å². The molecule has 0 heterocycles. The molecule has 7 heteroatoms. The molecule has 0 fully saturated rings. The molecule has 0 amide bonds. The predicted octanol–water partition coefficient (Wildman–Crippen LogP) is -0.959. The highest BCUT2D eigenvalue weighted by Gasteiger charge is 2.02. The molecule has 15 heavy (non-hydrogen) atoms. The molecule has 0 atom stereocenters. The molecule has 0 aliphatic carbocycles. The van der Waals surface area contributed by atoms with Gasteiger partial charge in [-0.05, 0) is 13.8 Å². The van der Waals surface area contributed by atoms with Crippen LogP contribution < -0.4 is 17.2 Å². The fourth-order valence-corrected chi connectivity index (χ4v) is 0.622. The number of esters is 1. The minimum atomic E-state index is -0.459. The summed E-state index contributed by atoms with van der Waals surface area (Å²) in [6.45, 7) is 3.56. The molecule has 0 saturated carbocycles. The molecule has 0 unspecified atom stereocenters. The van der Waals surface area contributed by atoms with E-state index < -0.39 is 5.97 Å². The van der Waals surface area contributed by atoms with Crippen LogP contribution in [0.3, 0.4) is 0 Å². The van der Waals surface area contributed by atoms with Crippen molar-refractivity contribution in [2.75, 3.05) is 6.61 Å². The van der Waals surface area contributed by atoms with Gasteiger partial charge in [0, 0.05) is 6.20 Å². The summed E-state index contributed by atoms with van der Waals surface area (Å²) in [5.41, 5.74) is 15.7. The number of aliphatic imine (C=N–C) groups is 2. The quantitative estimate of drug-likeness (QED) is 0.241. The third-order valence-electron chi connectivity index (χ3n) is 1.23. The van der Waals surface area contributed by atoms with Gasteiger partial charge in [-0.25, -0.2) is 9.79 Å². The molecule has 0 aromatic carbocycles. The first kappa shape index (κ1) is 12.9. The second kappa shape index (κ2) is 6.41. The second-order valence-corrected chi connectivity index (χ2v) is 2.56. The van der Waals surface area contributed by atoms with Gasteiger partial charge in [-0.1, -0.05) is 0 Å². The standard InChI is InChI=1S/C8H15N5O2/c1-3-15-6(14)5(2)4-12-8(11)13-7(9)10/h4H,3H2,1-2H3,(H6,9,10,11,12,13). The summed E-state index contributed by atoms with van der Waals surface area (Å²) in [5, 5.41) is 0. The molecule has 0 aliphatic rings. The summed E-state index contributed by atoms with van der Waals surface area (Å²) < 4.78 is 4.71. The van der Waals surface area contributed by atoms with E-state index >= 15 is 0 Å². The number of nitrogens with two attached hydrogens (primary N) is 3. The van der Waals surface area contributed by atoms with Crippen molar-refractivity contribution < 1.29 is 9.53 Å². The van der Waals surface area contributed by atoms with E-state index in [2.05, 4.69) is 9.98 Å². The maximum absolute atomic E-state index is 11.1. The molecule has 0 spiro atoms. The Morgan fingerprint density at radius 2 is 2.00 bits per heavy atom. The number of carbonyl (C=O) groups excluding carboxylic acids is 1. The Bertz CT molecular complexity index is 315. The molecule has 0 bridgehead atoms. The van der Waals surface area contributed by atoms with Crippen molar-refractivity contribution in [1.29, 1.82) is 0 Å². The number of hydrogen-bond acceptors (Lipinski definition) is 3. The van der Waals surface area contributed by atoms with Gasteiger partial charge in [0.25, 0.3) is 0 Å². The molecule has 0 aromatic heterocycles. The van der Waals surface area contributed by atoms with Gasteiger partial charge in [-0.15, -0.1) is 0 Å². The summed E-state index contributed by atoms with van der Waals surface area (Å²) in [6, 6.07) is 0. The highest BCUT2D eigenvalue weighted by atomic mass is 16.5. The monoisotopic (exact) mass is 213 g/mol. The van der Waals surface area contributed by atoms with Gasteiger partial charge in [0.05, 0.1) is 12.2 Å². The van der Waals surface area contributed by atoms with Crippen LogP contribution in [0, 0.1) is 0 Å². The highest BCUT2D eigenvalue weighted by Crippen LogP contribution is 1.96. The number of carbonyl (C=O) groups is 1. The van der Waals surface area contributed by atoms with Crippen LogP contribution in [0.5, 0.6) is 0 Å². The van der Waals surface area contributed by atoms with Gasteiger partial charge < -0.3 is 21.9 Å². The van der Waals surface area contributed by atoms with E-state index in [0.717, 1.165) is 0 Å². The first-order valence-electron chi connectivity index (χ1n) is 4.24. The van der Waals surface area contributed by atoms with E-state index in [1.807, 2.05) is 0 Å². The third kappa shape index (κ3) is 6.08. The largest absolute Gasteiger partial charge is 0.463 e. The molecular weight excluding hydrogens is 198 g/mol. The van der Waals surface area contributed by atoms with Crippen molar-refractivity contribution in [3.63, 3.8) is 0 Å². The summed E-state index contributed by atoms with van der Waals surface area (Å²) in [6.07, 6.45) is 1.24. The Balaban J connectivity index is 4.50. The van der Waals surface area contributed by atoms with Crippen LogP contribution in [0.25, 0.3) is 0 Å². The van der Waals surface area contributed by atoms with Crippen LogP contribution in [-0.4, -0.2) is 24.5 Å². The maximum Gasteiger partial charge on any atom is 0.335 e. The Morgan fingerprint density at radius 1 is 1.40 bits per heavy atom. The molecule has 0 radical (unpaired) electrons. The van der Waals surface area contributed by atoms with Gasteiger partial charge in [0.15, 0.2) is 5.96 Å². The van der Waals surface area contributed by atoms with Crippen LogP contribution in [0.4, 0.5) is 0 Å². The minimum Gasteiger partial charge on any atom is -0.463 e. The van der Waals surface area contributed by atoms with E-state index in [1.54, 1.807) is 13.8 Å². The van der Waals surface area contributed by atoms with Crippen LogP contribution in [0.2, 0.25) is 0 Å². The average Bonchev–Trinajstić information content (AvgIpc) is 2.13. The van der Waals surface area contributed by atoms with Crippen LogP contribution in [-0.2, 0) is 9.53 Å². The smallest absolute Gasteiger partial charge is 0.335 e. The highest BCUT2D eigenvalue weighted by molar-refractivity contribution is 5.93. The molecule has 0 saturated heterocycles. The summed E-state index contributed by atoms with van der Waals surface area (Å²) in [5.74, 6) is -0.782. The number of ether oxygens (including phenoxy) is 1. The van der Waals surface area contributed by atoms with Crippen molar-refractivity contribution in [2.24, 2.45) is 27.2 Å². The minimum absolute atomic E-state index is 0.126. The number of guanidine groups is 2. The second-order valence-electron chi connectivity index (χ2n) is 2.56. The van der Waals surface area contributed by atoms with E-state index in [4.69, 9.17) is 21.9 Å². The lowest BCUT2D eigenvalue weighted by Gasteiger charge is -1.99. The van der Waals surface area contributed by atoms with E-state index in [-0.39, 0.29) is 11.9 Å². The zero-order valence-electron chi connectivity index (χ0n) is 8.73. The molecule has 0 rings (SSSR count). The fraction of sp³-hybridized carbons (Fsp3) is 0.375. The normalized spacial score (nSPS) is 12.1. The lowest BCUT2D eigenvalue weighted by Crippen LogP contribution is -2.26. The van der Waals surface area contributed by atoms with Crippen LogP contribution in [0.15, 0.2) is 21.8 Å². The van der Waals surface area contributed by atoms with E-state index in [1.165, 1.54) is 6.20 Å². The average molecular weight is 213 g/mol. The van der Waals surface area contributed by atoms with Crippen LogP contribution >= 0.6 is 0 Å². The lowest BCUT2D eigenvalue weighted by atomic mass is 10.3. The molecule has 6 N–H and O–H groups in total. The first-order chi connectivity index (χ1) is 6.97. The SMILES string of the molecule is CCOC(=O)C(C)=CN=C(N)N=C(N)N. The molecule has 0 aromatic rings. The predicted molar refractivity (Wildman–Crippen MR) is 57.8 cm³/mol. The Labute approximate surface area is 87.7 Å². The number of rotatable bonds is 3. The first-order valence-corrected chi connectivity index (χ1v) is 4.24. The molecule has 84 valence electrons. The van der Waals surface area contributed by atoms with E-state index in [9.17, 15) is 4.79 Å². The van der Waals surface area contributed by atoms with Crippen molar-refractivity contribution in [3.8, 4) is 0 Å². The third-order valence-corrected chi connectivity index (χ3v) is 1.23. The number of nitrogens with zero attached hydrogens (tertiary/aromatic N) is 2. The van der Waals surface area contributed by atoms with Gasteiger partial charge in [-0.2, -0.15) is 4.99 Å². The summed E-state index contributed by atoms with van der Waals surface area (Å²) in [7, 11) is 0.